The summed E-state index contributed by atoms with van der Waals surface area (Å²) in [6.45, 7) is 4.27. The van der Waals surface area contributed by atoms with Crippen LogP contribution in [0.4, 0.5) is 17.3 Å². The lowest BCUT2D eigenvalue weighted by Gasteiger charge is -2.12. The minimum Gasteiger partial charge on any atom is -0.497 e. The van der Waals surface area contributed by atoms with E-state index in [2.05, 4.69) is 15.6 Å². The highest BCUT2D eigenvalue weighted by atomic mass is 16.5. The number of aromatic nitrogens is 1. The third-order valence-corrected chi connectivity index (χ3v) is 3.34. The number of nitrogen functional groups attached to an aromatic ring is 1. The molecule has 0 unspecified atom stereocenters. The molecule has 6 heteroatoms. The van der Waals surface area contributed by atoms with Crippen molar-refractivity contribution in [3.05, 3.63) is 42.0 Å². The van der Waals surface area contributed by atoms with Gasteiger partial charge in [0.25, 0.3) is 0 Å². The van der Waals surface area contributed by atoms with Crippen molar-refractivity contribution in [2.45, 2.75) is 20.4 Å². The van der Waals surface area contributed by atoms with Crippen molar-refractivity contribution in [1.82, 2.24) is 4.98 Å². The number of pyridine rings is 1. The number of carbonyl (C=O) groups excluding carboxylic acids is 1. The zero-order chi connectivity index (χ0) is 16.8. The Morgan fingerprint density at radius 1 is 1.22 bits per heavy atom. The molecule has 1 amide bonds. The Bertz CT molecular complexity index is 669. The van der Waals surface area contributed by atoms with Crippen LogP contribution < -0.4 is 21.1 Å². The first-order valence-corrected chi connectivity index (χ1v) is 7.43. The maximum Gasteiger partial charge on any atom is 0.227 e. The van der Waals surface area contributed by atoms with Gasteiger partial charge in [-0.15, -0.1) is 0 Å². The number of methoxy groups -OCH3 is 1. The third-order valence-electron chi connectivity index (χ3n) is 3.34. The predicted molar refractivity (Wildman–Crippen MR) is 92.4 cm³/mol. The molecule has 0 saturated carbocycles. The Balaban J connectivity index is 1.98. The van der Waals surface area contributed by atoms with E-state index in [4.69, 9.17) is 10.5 Å². The third kappa shape index (κ3) is 4.60. The molecule has 1 aromatic carbocycles. The molecule has 0 aliphatic heterocycles. The molecular weight excluding hydrogens is 292 g/mol. The molecule has 2 rings (SSSR count). The highest BCUT2D eigenvalue weighted by molar-refractivity contribution is 5.94. The van der Waals surface area contributed by atoms with E-state index in [1.165, 1.54) is 0 Å². The van der Waals surface area contributed by atoms with Crippen molar-refractivity contribution in [2.24, 2.45) is 5.92 Å². The van der Waals surface area contributed by atoms with E-state index in [9.17, 15) is 4.79 Å². The van der Waals surface area contributed by atoms with Crippen molar-refractivity contribution in [3.63, 3.8) is 0 Å². The molecule has 1 aromatic heterocycles. The van der Waals surface area contributed by atoms with Crippen LogP contribution >= 0.6 is 0 Å². The van der Waals surface area contributed by atoms with Gasteiger partial charge in [0.15, 0.2) is 0 Å². The van der Waals surface area contributed by atoms with Crippen LogP contribution in [-0.4, -0.2) is 18.0 Å². The quantitative estimate of drug-likeness (QED) is 0.763. The SMILES string of the molecule is COc1ccc(CNc2ccc(NC(=O)C(C)C)c(N)n2)cc1. The fourth-order valence-electron chi connectivity index (χ4n) is 1.89. The summed E-state index contributed by atoms with van der Waals surface area (Å²) in [5.41, 5.74) is 7.52. The Kier molecular flexibility index (Phi) is 5.41. The monoisotopic (exact) mass is 314 g/mol. The number of amides is 1. The number of nitrogens with zero attached hydrogens (tertiary/aromatic N) is 1. The minimum absolute atomic E-state index is 0.0857. The number of carbonyl (C=O) groups is 1. The molecule has 6 nitrogen and oxygen atoms in total. The Morgan fingerprint density at radius 3 is 2.48 bits per heavy atom. The van der Waals surface area contributed by atoms with Gasteiger partial charge < -0.3 is 21.1 Å². The number of ether oxygens (including phenoxy) is 1. The molecule has 0 aliphatic rings. The van der Waals surface area contributed by atoms with E-state index in [-0.39, 0.29) is 11.8 Å². The summed E-state index contributed by atoms with van der Waals surface area (Å²) in [5, 5.41) is 5.95. The molecule has 4 N–H and O–H groups in total. The van der Waals surface area contributed by atoms with Gasteiger partial charge in [0.05, 0.1) is 12.8 Å². The molecule has 0 atom stereocenters. The standard InChI is InChI=1S/C17H22N4O2/c1-11(2)17(22)20-14-8-9-15(21-16(14)18)19-10-12-4-6-13(23-3)7-5-12/h4-9,11H,10H2,1-3H3,(H,20,22)(H3,18,19,21). The van der Waals surface area contributed by atoms with Crippen molar-refractivity contribution < 1.29 is 9.53 Å². The van der Waals surface area contributed by atoms with Crippen LogP contribution in [0.25, 0.3) is 0 Å². The van der Waals surface area contributed by atoms with Crippen molar-refractivity contribution >= 4 is 23.2 Å². The van der Waals surface area contributed by atoms with Crippen LogP contribution in [0.2, 0.25) is 0 Å². The highest BCUT2D eigenvalue weighted by Crippen LogP contribution is 2.20. The van der Waals surface area contributed by atoms with Crippen molar-refractivity contribution in [2.75, 3.05) is 23.5 Å². The predicted octanol–water partition coefficient (Wildman–Crippen LogP) is 2.88. The number of rotatable bonds is 6. The second-order valence-corrected chi connectivity index (χ2v) is 5.47. The summed E-state index contributed by atoms with van der Waals surface area (Å²) in [4.78, 5) is 16.0. The van der Waals surface area contributed by atoms with E-state index < -0.39 is 0 Å². The van der Waals surface area contributed by atoms with Crippen LogP contribution in [0.5, 0.6) is 5.75 Å². The van der Waals surface area contributed by atoms with Gasteiger partial charge in [-0.1, -0.05) is 26.0 Å². The summed E-state index contributed by atoms with van der Waals surface area (Å²) in [6.07, 6.45) is 0. The van der Waals surface area contributed by atoms with Gasteiger partial charge in [-0.25, -0.2) is 4.98 Å². The number of nitrogens with one attached hydrogen (secondary N) is 2. The van der Waals surface area contributed by atoms with Crippen molar-refractivity contribution in [1.29, 1.82) is 0 Å². The summed E-state index contributed by atoms with van der Waals surface area (Å²) >= 11 is 0. The molecule has 0 fully saturated rings. The molecular formula is C17H22N4O2. The first-order chi connectivity index (χ1) is 11.0. The summed E-state index contributed by atoms with van der Waals surface area (Å²) in [6, 6.07) is 11.3. The number of hydrogen-bond acceptors (Lipinski definition) is 5. The molecule has 0 radical (unpaired) electrons. The fourth-order valence-corrected chi connectivity index (χ4v) is 1.89. The van der Waals surface area contributed by atoms with E-state index >= 15 is 0 Å². The molecule has 0 aliphatic carbocycles. The van der Waals surface area contributed by atoms with E-state index in [0.717, 1.165) is 11.3 Å². The number of nitrogens with two attached hydrogens (primary N) is 1. The number of benzene rings is 1. The lowest BCUT2D eigenvalue weighted by Crippen LogP contribution is -2.19. The van der Waals surface area contributed by atoms with Crippen LogP contribution in [0.15, 0.2) is 36.4 Å². The first-order valence-electron chi connectivity index (χ1n) is 7.43. The van der Waals surface area contributed by atoms with Gasteiger partial charge >= 0.3 is 0 Å². The Hall–Kier alpha value is -2.76. The summed E-state index contributed by atoms with van der Waals surface area (Å²) < 4.78 is 5.13. The summed E-state index contributed by atoms with van der Waals surface area (Å²) in [7, 11) is 1.64. The Morgan fingerprint density at radius 2 is 1.91 bits per heavy atom. The molecule has 0 saturated heterocycles. The van der Waals surface area contributed by atoms with Gasteiger partial charge in [-0.3, -0.25) is 4.79 Å². The maximum absolute atomic E-state index is 11.7. The lowest BCUT2D eigenvalue weighted by molar-refractivity contribution is -0.118. The number of hydrogen-bond donors (Lipinski definition) is 3. The fraction of sp³-hybridized carbons (Fsp3) is 0.294. The van der Waals surface area contributed by atoms with Gasteiger partial charge in [-0.2, -0.15) is 0 Å². The van der Waals surface area contributed by atoms with Crippen LogP contribution in [0, 0.1) is 5.92 Å². The average Bonchev–Trinajstić information content (AvgIpc) is 2.55. The topological polar surface area (TPSA) is 89.3 Å². The van der Waals surface area contributed by atoms with Gasteiger partial charge in [0.1, 0.15) is 17.4 Å². The normalized spacial score (nSPS) is 10.4. The zero-order valence-corrected chi connectivity index (χ0v) is 13.6. The molecule has 0 spiro atoms. The first kappa shape index (κ1) is 16.6. The lowest BCUT2D eigenvalue weighted by atomic mass is 10.2. The molecule has 1 heterocycles. The average molecular weight is 314 g/mol. The van der Waals surface area contributed by atoms with Crippen molar-refractivity contribution in [3.8, 4) is 5.75 Å². The van der Waals surface area contributed by atoms with Gasteiger partial charge in [0.2, 0.25) is 5.91 Å². The summed E-state index contributed by atoms with van der Waals surface area (Å²) in [5.74, 6) is 1.57. The second kappa shape index (κ2) is 7.49. The maximum atomic E-state index is 11.7. The highest BCUT2D eigenvalue weighted by Gasteiger charge is 2.10. The number of anilines is 3. The van der Waals surface area contributed by atoms with Crippen LogP contribution in [0.1, 0.15) is 19.4 Å². The van der Waals surface area contributed by atoms with Crippen LogP contribution in [-0.2, 0) is 11.3 Å². The molecule has 122 valence electrons. The van der Waals surface area contributed by atoms with Gasteiger partial charge in [-0.05, 0) is 29.8 Å². The Labute approximate surface area is 136 Å². The largest absolute Gasteiger partial charge is 0.497 e. The van der Waals surface area contributed by atoms with E-state index in [0.29, 0.717) is 23.9 Å². The molecule has 2 aromatic rings. The van der Waals surface area contributed by atoms with E-state index in [1.807, 2.05) is 38.1 Å². The van der Waals surface area contributed by atoms with Crippen LogP contribution in [0.3, 0.4) is 0 Å². The minimum atomic E-state index is -0.109. The second-order valence-electron chi connectivity index (χ2n) is 5.47. The smallest absolute Gasteiger partial charge is 0.227 e. The zero-order valence-electron chi connectivity index (χ0n) is 13.6. The van der Waals surface area contributed by atoms with Gasteiger partial charge in [0, 0.05) is 12.5 Å². The molecule has 23 heavy (non-hydrogen) atoms. The van der Waals surface area contributed by atoms with E-state index in [1.54, 1.807) is 19.2 Å². The molecule has 0 bridgehead atoms.